The third-order valence-electron chi connectivity index (χ3n) is 5.84. The number of hydrogen-bond acceptors (Lipinski definition) is 5. The van der Waals surface area contributed by atoms with E-state index in [1.807, 2.05) is 22.1 Å². The Balaban J connectivity index is 1.44. The lowest BCUT2D eigenvalue weighted by Crippen LogP contribution is -2.35. The normalized spacial score (nSPS) is 19.4. The fourth-order valence-corrected chi connectivity index (χ4v) is 3.93. The Labute approximate surface area is 170 Å². The lowest BCUT2D eigenvalue weighted by Gasteiger charge is -2.27. The molecule has 2 aliphatic rings. The second kappa shape index (κ2) is 7.24. The van der Waals surface area contributed by atoms with Gasteiger partial charge < -0.3 is 9.80 Å². The first-order chi connectivity index (χ1) is 13.7. The smallest absolute Gasteiger partial charge is 0.274 e. The molecule has 8 nitrogen and oxygen atoms in total. The highest BCUT2D eigenvalue weighted by Gasteiger charge is 2.32. The standard InChI is InChI=1S/C21H28N6O2/c1-13(28)26-8-6-16-15(12-26)10-22-19(23-16)14-5-7-27(11-14)20(29)17-9-18(25-24-17)21(2,3)4/h9-10,14H,5-8,11-12H2,1-4H3,(H,24,25)/t14-/m1/s1. The minimum Gasteiger partial charge on any atom is -0.338 e. The molecule has 2 aliphatic heterocycles. The first-order valence-corrected chi connectivity index (χ1v) is 10.2. The Morgan fingerprint density at radius 2 is 2.00 bits per heavy atom. The van der Waals surface area contributed by atoms with Crippen LogP contribution >= 0.6 is 0 Å². The zero-order valence-corrected chi connectivity index (χ0v) is 17.5. The average molecular weight is 396 g/mol. The highest BCUT2D eigenvalue weighted by Crippen LogP contribution is 2.28. The number of hydrogen-bond donors (Lipinski definition) is 1. The maximum Gasteiger partial charge on any atom is 0.274 e. The summed E-state index contributed by atoms with van der Waals surface area (Å²) in [5.41, 5.74) is 3.39. The Hall–Kier alpha value is -2.77. The van der Waals surface area contributed by atoms with E-state index in [-0.39, 0.29) is 23.1 Å². The summed E-state index contributed by atoms with van der Waals surface area (Å²) in [4.78, 5) is 37.5. The molecule has 4 heterocycles. The predicted molar refractivity (Wildman–Crippen MR) is 107 cm³/mol. The van der Waals surface area contributed by atoms with Crippen LogP contribution in [-0.2, 0) is 23.2 Å². The lowest BCUT2D eigenvalue weighted by molar-refractivity contribution is -0.129. The van der Waals surface area contributed by atoms with Crippen molar-refractivity contribution in [2.24, 2.45) is 0 Å². The van der Waals surface area contributed by atoms with Gasteiger partial charge in [-0.1, -0.05) is 20.8 Å². The number of H-pyrrole nitrogens is 1. The quantitative estimate of drug-likeness (QED) is 0.838. The van der Waals surface area contributed by atoms with Crippen LogP contribution in [0.5, 0.6) is 0 Å². The van der Waals surface area contributed by atoms with Gasteiger partial charge in [0.15, 0.2) is 0 Å². The second-order valence-corrected chi connectivity index (χ2v) is 9.04. The molecule has 4 rings (SSSR count). The van der Waals surface area contributed by atoms with Crippen LogP contribution in [0.15, 0.2) is 12.3 Å². The van der Waals surface area contributed by atoms with Crippen LogP contribution in [0.1, 0.15) is 73.3 Å². The molecule has 1 atom stereocenters. The molecule has 0 spiro atoms. The number of rotatable bonds is 2. The molecule has 2 aromatic heterocycles. The SMILES string of the molecule is CC(=O)N1CCc2nc([C@@H]3CCN(C(=O)c4cc(C(C)(C)C)[nH]n4)C3)ncc2C1. The van der Waals surface area contributed by atoms with Gasteiger partial charge in [-0.3, -0.25) is 14.7 Å². The third-order valence-corrected chi connectivity index (χ3v) is 5.84. The summed E-state index contributed by atoms with van der Waals surface area (Å²) < 4.78 is 0. The number of nitrogens with one attached hydrogen (secondary N) is 1. The van der Waals surface area contributed by atoms with Gasteiger partial charge in [-0.2, -0.15) is 5.10 Å². The topological polar surface area (TPSA) is 95.1 Å². The molecule has 0 unspecified atom stereocenters. The third kappa shape index (κ3) is 3.88. The molecule has 29 heavy (non-hydrogen) atoms. The summed E-state index contributed by atoms with van der Waals surface area (Å²) >= 11 is 0. The van der Waals surface area contributed by atoms with Crippen LogP contribution < -0.4 is 0 Å². The molecule has 154 valence electrons. The molecular formula is C21H28N6O2. The summed E-state index contributed by atoms with van der Waals surface area (Å²) in [7, 11) is 0. The number of aromatic nitrogens is 4. The Bertz CT molecular complexity index is 945. The molecule has 0 aromatic carbocycles. The van der Waals surface area contributed by atoms with Crippen LogP contribution in [0.3, 0.4) is 0 Å². The monoisotopic (exact) mass is 396 g/mol. The second-order valence-electron chi connectivity index (χ2n) is 9.04. The van der Waals surface area contributed by atoms with Gasteiger partial charge in [0.2, 0.25) is 5.91 Å². The van der Waals surface area contributed by atoms with Gasteiger partial charge in [0.25, 0.3) is 5.91 Å². The minimum atomic E-state index is -0.0754. The van der Waals surface area contributed by atoms with Crippen molar-refractivity contribution in [2.75, 3.05) is 19.6 Å². The average Bonchev–Trinajstić information content (AvgIpc) is 3.36. The molecule has 2 aromatic rings. The maximum absolute atomic E-state index is 12.9. The van der Waals surface area contributed by atoms with Gasteiger partial charge in [-0.15, -0.1) is 0 Å². The van der Waals surface area contributed by atoms with Crippen molar-refractivity contribution in [3.8, 4) is 0 Å². The summed E-state index contributed by atoms with van der Waals surface area (Å²) in [6, 6.07) is 1.85. The Morgan fingerprint density at radius 1 is 1.21 bits per heavy atom. The highest BCUT2D eigenvalue weighted by molar-refractivity contribution is 5.92. The first-order valence-electron chi connectivity index (χ1n) is 10.2. The van der Waals surface area contributed by atoms with Crippen molar-refractivity contribution in [2.45, 2.75) is 58.4 Å². The summed E-state index contributed by atoms with van der Waals surface area (Å²) in [6.07, 6.45) is 3.45. The first kappa shape index (κ1) is 19.5. The molecule has 0 radical (unpaired) electrons. The van der Waals surface area contributed by atoms with E-state index in [1.54, 1.807) is 6.92 Å². The molecule has 1 saturated heterocycles. The fraction of sp³-hybridized carbons (Fsp3) is 0.571. The number of carbonyl (C=O) groups excluding carboxylic acids is 2. The molecule has 8 heteroatoms. The van der Waals surface area contributed by atoms with Gasteiger partial charge in [0.1, 0.15) is 11.5 Å². The van der Waals surface area contributed by atoms with E-state index in [4.69, 9.17) is 4.98 Å². The highest BCUT2D eigenvalue weighted by atomic mass is 16.2. The summed E-state index contributed by atoms with van der Waals surface area (Å²) in [5.74, 6) is 0.968. The summed E-state index contributed by atoms with van der Waals surface area (Å²) in [6.45, 7) is 10.4. The number of aromatic amines is 1. The van der Waals surface area contributed by atoms with Crippen LogP contribution in [0.25, 0.3) is 0 Å². The zero-order valence-electron chi connectivity index (χ0n) is 17.5. The van der Waals surface area contributed by atoms with E-state index in [0.29, 0.717) is 31.9 Å². The molecule has 2 amide bonds. The molecule has 0 saturated carbocycles. The van der Waals surface area contributed by atoms with Crippen LogP contribution in [-0.4, -0.2) is 61.4 Å². The Morgan fingerprint density at radius 3 is 2.69 bits per heavy atom. The predicted octanol–water partition coefficient (Wildman–Crippen LogP) is 2.03. The van der Waals surface area contributed by atoms with E-state index < -0.39 is 0 Å². The van der Waals surface area contributed by atoms with Gasteiger partial charge >= 0.3 is 0 Å². The van der Waals surface area contributed by atoms with Crippen LogP contribution in [0, 0.1) is 0 Å². The van der Waals surface area contributed by atoms with Crippen LogP contribution in [0.2, 0.25) is 0 Å². The molecular weight excluding hydrogens is 368 g/mol. The molecule has 0 bridgehead atoms. The number of likely N-dealkylation sites (tertiary alicyclic amines) is 1. The van der Waals surface area contributed by atoms with E-state index >= 15 is 0 Å². The van der Waals surface area contributed by atoms with Crippen molar-refractivity contribution in [3.63, 3.8) is 0 Å². The number of carbonyl (C=O) groups is 2. The van der Waals surface area contributed by atoms with Gasteiger partial charge in [-0.25, -0.2) is 9.97 Å². The zero-order chi connectivity index (χ0) is 20.8. The van der Waals surface area contributed by atoms with Crippen molar-refractivity contribution < 1.29 is 9.59 Å². The van der Waals surface area contributed by atoms with E-state index in [9.17, 15) is 9.59 Å². The van der Waals surface area contributed by atoms with Crippen molar-refractivity contribution in [3.05, 3.63) is 40.7 Å². The molecule has 1 N–H and O–H groups in total. The lowest BCUT2D eigenvalue weighted by atomic mass is 9.92. The van der Waals surface area contributed by atoms with Crippen molar-refractivity contribution in [1.82, 2.24) is 30.0 Å². The van der Waals surface area contributed by atoms with Crippen LogP contribution in [0.4, 0.5) is 0 Å². The van der Waals surface area contributed by atoms with Crippen molar-refractivity contribution in [1.29, 1.82) is 0 Å². The van der Waals surface area contributed by atoms with Gasteiger partial charge in [-0.05, 0) is 12.5 Å². The summed E-state index contributed by atoms with van der Waals surface area (Å²) in [5, 5.41) is 7.21. The minimum absolute atomic E-state index is 0.0469. The maximum atomic E-state index is 12.9. The van der Waals surface area contributed by atoms with Crippen molar-refractivity contribution >= 4 is 11.8 Å². The number of amides is 2. The van der Waals surface area contributed by atoms with E-state index in [2.05, 4.69) is 36.0 Å². The fourth-order valence-electron chi connectivity index (χ4n) is 3.93. The largest absolute Gasteiger partial charge is 0.338 e. The number of fused-ring (bicyclic) bond motifs is 1. The van der Waals surface area contributed by atoms with E-state index in [0.717, 1.165) is 35.6 Å². The number of nitrogens with zero attached hydrogens (tertiary/aromatic N) is 5. The van der Waals surface area contributed by atoms with E-state index in [1.165, 1.54) is 0 Å². The molecule has 0 aliphatic carbocycles. The Kier molecular flexibility index (Phi) is 4.88. The molecule has 1 fully saturated rings. The van der Waals surface area contributed by atoms with Gasteiger partial charge in [0, 0.05) is 68.3 Å². The van der Waals surface area contributed by atoms with Gasteiger partial charge in [0.05, 0.1) is 5.69 Å².